The van der Waals surface area contributed by atoms with Gasteiger partial charge in [0.2, 0.25) is 10.0 Å². The van der Waals surface area contributed by atoms with Crippen molar-refractivity contribution >= 4 is 44.7 Å². The SMILES string of the molecule is CCS(=O)(=O)Nc1ccc(N2CCN(c3cc(Cl)ccc3C)CC2)c(C(=O)O)c1. The summed E-state index contributed by atoms with van der Waals surface area (Å²) in [5, 5.41) is 10.3. The summed E-state index contributed by atoms with van der Waals surface area (Å²) in [5.41, 5.74) is 3.14. The molecule has 1 fully saturated rings. The van der Waals surface area contributed by atoms with E-state index < -0.39 is 16.0 Å². The van der Waals surface area contributed by atoms with Gasteiger partial charge in [-0.3, -0.25) is 4.72 Å². The number of carboxylic acid groups (broad SMARTS) is 1. The van der Waals surface area contributed by atoms with E-state index in [2.05, 4.69) is 9.62 Å². The smallest absolute Gasteiger partial charge is 0.337 e. The van der Waals surface area contributed by atoms with Crippen molar-refractivity contribution in [2.45, 2.75) is 13.8 Å². The van der Waals surface area contributed by atoms with Crippen LogP contribution < -0.4 is 14.5 Å². The Morgan fingerprint density at radius 2 is 1.69 bits per heavy atom. The zero-order valence-electron chi connectivity index (χ0n) is 16.4. The number of nitrogens with zero attached hydrogens (tertiary/aromatic N) is 2. The van der Waals surface area contributed by atoms with E-state index >= 15 is 0 Å². The fraction of sp³-hybridized carbons (Fsp3) is 0.350. The molecule has 7 nitrogen and oxygen atoms in total. The van der Waals surface area contributed by atoms with Crippen LogP contribution in [0.1, 0.15) is 22.8 Å². The van der Waals surface area contributed by atoms with Gasteiger partial charge in [-0.1, -0.05) is 17.7 Å². The van der Waals surface area contributed by atoms with E-state index in [1.165, 1.54) is 13.0 Å². The monoisotopic (exact) mass is 437 g/mol. The number of nitrogens with one attached hydrogen (secondary N) is 1. The number of aryl methyl sites for hydroxylation is 1. The van der Waals surface area contributed by atoms with Crippen LogP contribution in [0.15, 0.2) is 36.4 Å². The maximum atomic E-state index is 11.8. The van der Waals surface area contributed by atoms with E-state index in [0.29, 0.717) is 23.8 Å². The molecular formula is C20H24ClN3O4S. The van der Waals surface area contributed by atoms with Crippen LogP contribution in [0.3, 0.4) is 0 Å². The summed E-state index contributed by atoms with van der Waals surface area (Å²) in [6.07, 6.45) is 0. The van der Waals surface area contributed by atoms with Gasteiger partial charge in [0, 0.05) is 42.6 Å². The number of aromatic carboxylic acids is 1. The lowest BCUT2D eigenvalue weighted by molar-refractivity contribution is 0.0697. The van der Waals surface area contributed by atoms with Crippen molar-refractivity contribution in [1.82, 2.24) is 0 Å². The van der Waals surface area contributed by atoms with Gasteiger partial charge >= 0.3 is 5.97 Å². The predicted molar refractivity (Wildman–Crippen MR) is 117 cm³/mol. The Kier molecular flexibility index (Phi) is 6.24. The predicted octanol–water partition coefficient (Wildman–Crippen LogP) is 3.43. The zero-order chi connectivity index (χ0) is 21.2. The highest BCUT2D eigenvalue weighted by Gasteiger charge is 2.23. The Morgan fingerprint density at radius 3 is 2.28 bits per heavy atom. The average Bonchev–Trinajstić information content (AvgIpc) is 2.69. The summed E-state index contributed by atoms with van der Waals surface area (Å²) in [7, 11) is -3.47. The molecule has 1 aliphatic heterocycles. The van der Waals surface area contributed by atoms with Crippen LogP contribution in [0.5, 0.6) is 0 Å². The number of carboxylic acids is 1. The van der Waals surface area contributed by atoms with Gasteiger partial charge in [-0.15, -0.1) is 0 Å². The number of hydrogen-bond donors (Lipinski definition) is 2. The maximum absolute atomic E-state index is 11.8. The van der Waals surface area contributed by atoms with Crippen molar-refractivity contribution in [2.24, 2.45) is 0 Å². The standard InChI is InChI=1S/C20H24ClN3O4S/c1-3-29(27,28)22-16-6-7-18(17(13-16)20(25)26)23-8-10-24(11-9-23)19-12-15(21)5-4-14(19)2/h4-7,12-13,22H,3,8-11H2,1-2H3,(H,25,26). The summed E-state index contributed by atoms with van der Waals surface area (Å²) in [4.78, 5) is 16.0. The lowest BCUT2D eigenvalue weighted by atomic mass is 10.1. The topological polar surface area (TPSA) is 90.0 Å². The van der Waals surface area contributed by atoms with Crippen LogP contribution in [0.2, 0.25) is 5.02 Å². The highest BCUT2D eigenvalue weighted by molar-refractivity contribution is 7.92. The number of carbonyl (C=O) groups is 1. The second-order valence-electron chi connectivity index (χ2n) is 6.95. The maximum Gasteiger partial charge on any atom is 0.337 e. The molecule has 0 radical (unpaired) electrons. The average molecular weight is 438 g/mol. The molecule has 2 N–H and O–H groups in total. The van der Waals surface area contributed by atoms with Crippen molar-refractivity contribution in [1.29, 1.82) is 0 Å². The molecule has 3 rings (SSSR count). The first-order chi connectivity index (χ1) is 13.7. The summed E-state index contributed by atoms with van der Waals surface area (Å²) in [6.45, 7) is 6.31. The van der Waals surface area contributed by atoms with Gasteiger partial charge in [0.15, 0.2) is 0 Å². The summed E-state index contributed by atoms with van der Waals surface area (Å²) < 4.78 is 26.0. The highest BCUT2D eigenvalue weighted by atomic mass is 35.5. The molecule has 0 amide bonds. The van der Waals surface area contributed by atoms with Gasteiger partial charge in [-0.2, -0.15) is 0 Å². The van der Waals surface area contributed by atoms with E-state index in [0.717, 1.165) is 24.3 Å². The number of benzene rings is 2. The third-order valence-corrected chi connectivity index (χ3v) is 6.55. The van der Waals surface area contributed by atoms with E-state index in [9.17, 15) is 18.3 Å². The largest absolute Gasteiger partial charge is 0.478 e. The fourth-order valence-corrected chi connectivity index (χ4v) is 4.21. The van der Waals surface area contributed by atoms with Gasteiger partial charge < -0.3 is 14.9 Å². The number of hydrogen-bond acceptors (Lipinski definition) is 5. The van der Waals surface area contributed by atoms with E-state index in [1.54, 1.807) is 12.1 Å². The summed E-state index contributed by atoms with van der Waals surface area (Å²) >= 11 is 6.14. The Balaban J connectivity index is 1.79. The van der Waals surface area contributed by atoms with Crippen molar-refractivity contribution < 1.29 is 18.3 Å². The van der Waals surface area contributed by atoms with Gasteiger partial charge in [0.05, 0.1) is 17.0 Å². The Morgan fingerprint density at radius 1 is 1.07 bits per heavy atom. The molecule has 1 heterocycles. The molecule has 2 aromatic rings. The normalized spacial score (nSPS) is 14.7. The molecule has 0 aliphatic carbocycles. The summed E-state index contributed by atoms with van der Waals surface area (Å²) in [5.74, 6) is -1.17. The highest BCUT2D eigenvalue weighted by Crippen LogP contribution is 2.29. The quantitative estimate of drug-likeness (QED) is 0.719. The fourth-order valence-electron chi connectivity index (χ4n) is 3.41. The van der Waals surface area contributed by atoms with Crippen molar-refractivity contribution in [2.75, 3.05) is 46.5 Å². The van der Waals surface area contributed by atoms with Crippen molar-refractivity contribution in [3.63, 3.8) is 0 Å². The van der Waals surface area contributed by atoms with Crippen LogP contribution >= 0.6 is 11.6 Å². The molecule has 0 bridgehead atoms. The molecule has 1 aliphatic rings. The molecule has 0 saturated carbocycles. The van der Waals surface area contributed by atoms with E-state index in [1.807, 2.05) is 30.0 Å². The Labute approximate surface area is 175 Å². The third-order valence-electron chi connectivity index (χ3n) is 5.01. The molecule has 29 heavy (non-hydrogen) atoms. The molecule has 1 saturated heterocycles. The van der Waals surface area contributed by atoms with E-state index in [4.69, 9.17) is 11.6 Å². The first-order valence-corrected chi connectivity index (χ1v) is 11.4. The minimum Gasteiger partial charge on any atom is -0.478 e. The van der Waals surface area contributed by atoms with Crippen molar-refractivity contribution in [3.05, 3.63) is 52.5 Å². The van der Waals surface area contributed by atoms with Crippen LogP contribution in [0.25, 0.3) is 0 Å². The van der Waals surface area contributed by atoms with Crippen LogP contribution in [-0.4, -0.2) is 51.4 Å². The molecule has 2 aromatic carbocycles. The minimum absolute atomic E-state index is 0.0775. The lowest BCUT2D eigenvalue weighted by Gasteiger charge is -2.38. The zero-order valence-corrected chi connectivity index (χ0v) is 17.9. The van der Waals surface area contributed by atoms with Crippen LogP contribution in [0.4, 0.5) is 17.1 Å². The second-order valence-corrected chi connectivity index (χ2v) is 9.39. The molecule has 0 unspecified atom stereocenters. The Bertz CT molecular complexity index is 1020. The number of piperazine rings is 1. The molecular weight excluding hydrogens is 414 g/mol. The first-order valence-electron chi connectivity index (χ1n) is 9.34. The van der Waals surface area contributed by atoms with Gasteiger partial charge in [-0.05, 0) is 49.7 Å². The van der Waals surface area contributed by atoms with Crippen LogP contribution in [0, 0.1) is 6.92 Å². The Hall–Kier alpha value is -2.45. The molecule has 0 atom stereocenters. The second kappa shape index (κ2) is 8.51. The summed E-state index contributed by atoms with van der Waals surface area (Å²) in [6, 6.07) is 10.4. The third kappa shape index (κ3) is 4.94. The number of anilines is 3. The number of sulfonamides is 1. The van der Waals surface area contributed by atoms with E-state index in [-0.39, 0.29) is 17.0 Å². The number of halogens is 1. The van der Waals surface area contributed by atoms with Crippen LogP contribution in [-0.2, 0) is 10.0 Å². The number of rotatable bonds is 6. The van der Waals surface area contributed by atoms with Gasteiger partial charge in [-0.25, -0.2) is 13.2 Å². The molecule has 0 aromatic heterocycles. The molecule has 9 heteroatoms. The first kappa shape index (κ1) is 21.3. The van der Waals surface area contributed by atoms with Gasteiger partial charge in [0.25, 0.3) is 0 Å². The van der Waals surface area contributed by atoms with Crippen molar-refractivity contribution in [3.8, 4) is 0 Å². The lowest BCUT2D eigenvalue weighted by Crippen LogP contribution is -2.47. The molecule has 0 spiro atoms. The molecule has 156 valence electrons. The van der Waals surface area contributed by atoms with Gasteiger partial charge in [0.1, 0.15) is 0 Å². The minimum atomic E-state index is -3.47.